The predicted molar refractivity (Wildman–Crippen MR) is 64.2 cm³/mol. The number of benzene rings is 1. The Hall–Kier alpha value is -2.14. The fraction of sp³-hybridized carbons (Fsp3) is 0.167. The molecule has 0 atom stereocenters. The molecule has 1 aromatic carbocycles. The number of nitrogens with two attached hydrogens (primary N) is 1. The summed E-state index contributed by atoms with van der Waals surface area (Å²) in [5.41, 5.74) is 7.86. The molecule has 17 heavy (non-hydrogen) atoms. The zero-order chi connectivity index (χ0) is 12.3. The van der Waals surface area contributed by atoms with Crippen LogP contribution in [0.3, 0.4) is 0 Å². The molecule has 2 rings (SSSR count). The van der Waals surface area contributed by atoms with E-state index in [-0.39, 0.29) is 12.4 Å². The molecule has 1 aliphatic heterocycles. The molecule has 0 aliphatic carbocycles. The molecule has 0 spiro atoms. The molecule has 0 bridgehead atoms. The second-order valence-corrected chi connectivity index (χ2v) is 3.60. The summed E-state index contributed by atoms with van der Waals surface area (Å²) in [5.74, 6) is 0.0398. The van der Waals surface area contributed by atoms with Crippen LogP contribution in [0.15, 0.2) is 30.3 Å². The van der Waals surface area contributed by atoms with E-state index < -0.39 is 0 Å². The highest BCUT2D eigenvalue weighted by molar-refractivity contribution is 5.95. The number of hydroxylamine groups is 2. The SMILES string of the molecule is N=C(N)c1ccc(C2=CCON2CC=O)cc1. The van der Waals surface area contributed by atoms with Gasteiger partial charge in [-0.1, -0.05) is 24.3 Å². The molecular weight excluding hydrogens is 218 g/mol. The molecule has 5 heteroatoms. The molecule has 3 N–H and O–H groups in total. The van der Waals surface area contributed by atoms with Gasteiger partial charge in [0.2, 0.25) is 0 Å². The number of amidine groups is 1. The van der Waals surface area contributed by atoms with Crippen LogP contribution in [0.5, 0.6) is 0 Å². The molecule has 1 heterocycles. The molecule has 0 saturated carbocycles. The first-order valence-corrected chi connectivity index (χ1v) is 5.21. The van der Waals surface area contributed by atoms with Crippen molar-refractivity contribution in [2.75, 3.05) is 13.2 Å². The second-order valence-electron chi connectivity index (χ2n) is 3.60. The van der Waals surface area contributed by atoms with Crippen molar-refractivity contribution in [2.45, 2.75) is 0 Å². The third-order valence-corrected chi connectivity index (χ3v) is 2.51. The van der Waals surface area contributed by atoms with Crippen molar-refractivity contribution in [3.63, 3.8) is 0 Å². The monoisotopic (exact) mass is 231 g/mol. The zero-order valence-corrected chi connectivity index (χ0v) is 9.22. The average Bonchev–Trinajstić information content (AvgIpc) is 2.78. The minimum atomic E-state index is 0.0398. The van der Waals surface area contributed by atoms with Crippen LogP contribution >= 0.6 is 0 Å². The number of rotatable bonds is 4. The largest absolute Gasteiger partial charge is 0.384 e. The zero-order valence-electron chi connectivity index (χ0n) is 9.22. The number of carbonyl (C=O) groups excluding carboxylic acids is 1. The van der Waals surface area contributed by atoms with Crippen LogP contribution in [0.1, 0.15) is 11.1 Å². The highest BCUT2D eigenvalue weighted by Gasteiger charge is 2.17. The molecule has 5 nitrogen and oxygen atoms in total. The van der Waals surface area contributed by atoms with Gasteiger partial charge in [-0.3, -0.25) is 10.2 Å². The van der Waals surface area contributed by atoms with E-state index in [0.29, 0.717) is 12.2 Å². The van der Waals surface area contributed by atoms with Crippen molar-refractivity contribution in [3.8, 4) is 0 Å². The number of carbonyl (C=O) groups is 1. The lowest BCUT2D eigenvalue weighted by Crippen LogP contribution is -2.20. The minimum absolute atomic E-state index is 0.0398. The Bertz CT molecular complexity index is 465. The summed E-state index contributed by atoms with van der Waals surface area (Å²) in [6.45, 7) is 0.678. The fourth-order valence-corrected chi connectivity index (χ4v) is 1.68. The Balaban J connectivity index is 2.22. The molecule has 1 aromatic rings. The van der Waals surface area contributed by atoms with Crippen molar-refractivity contribution in [1.82, 2.24) is 5.06 Å². The predicted octanol–water partition coefficient (Wildman–Crippen LogP) is 0.758. The van der Waals surface area contributed by atoms with E-state index in [2.05, 4.69) is 0 Å². The van der Waals surface area contributed by atoms with Gasteiger partial charge in [0.25, 0.3) is 0 Å². The van der Waals surface area contributed by atoms with E-state index in [1.54, 1.807) is 17.2 Å². The number of nitrogens with zero attached hydrogens (tertiary/aromatic N) is 1. The molecule has 88 valence electrons. The molecule has 1 aliphatic rings. The Morgan fingerprint density at radius 1 is 1.47 bits per heavy atom. The molecule has 0 saturated heterocycles. The van der Waals surface area contributed by atoms with E-state index in [0.717, 1.165) is 17.5 Å². The van der Waals surface area contributed by atoms with E-state index >= 15 is 0 Å². The number of aldehydes is 1. The molecule has 0 amide bonds. The van der Waals surface area contributed by atoms with Crippen LogP contribution < -0.4 is 5.73 Å². The summed E-state index contributed by atoms with van der Waals surface area (Å²) in [5, 5.41) is 8.85. The molecule has 0 unspecified atom stereocenters. The van der Waals surface area contributed by atoms with E-state index in [1.165, 1.54) is 0 Å². The van der Waals surface area contributed by atoms with Gasteiger partial charge in [-0.05, 0) is 11.6 Å². The van der Waals surface area contributed by atoms with E-state index in [4.69, 9.17) is 16.0 Å². The second kappa shape index (κ2) is 4.80. The third-order valence-electron chi connectivity index (χ3n) is 2.51. The first kappa shape index (κ1) is 11.3. The van der Waals surface area contributed by atoms with Crippen molar-refractivity contribution < 1.29 is 9.63 Å². The van der Waals surface area contributed by atoms with Gasteiger partial charge in [0.05, 0.1) is 12.3 Å². The lowest BCUT2D eigenvalue weighted by atomic mass is 10.1. The van der Waals surface area contributed by atoms with Crippen molar-refractivity contribution >= 4 is 17.8 Å². The van der Waals surface area contributed by atoms with Gasteiger partial charge in [0.1, 0.15) is 18.7 Å². The van der Waals surface area contributed by atoms with Gasteiger partial charge in [0.15, 0.2) is 0 Å². The maximum absolute atomic E-state index is 10.5. The lowest BCUT2D eigenvalue weighted by molar-refractivity contribution is -0.121. The van der Waals surface area contributed by atoms with Crippen LogP contribution in [0.4, 0.5) is 0 Å². The van der Waals surface area contributed by atoms with Crippen molar-refractivity contribution in [3.05, 3.63) is 41.5 Å². The molecule has 0 fully saturated rings. The Labute approximate surface area is 98.9 Å². The summed E-state index contributed by atoms with van der Waals surface area (Å²) in [4.78, 5) is 15.8. The Morgan fingerprint density at radius 2 is 2.18 bits per heavy atom. The summed E-state index contributed by atoms with van der Waals surface area (Å²) < 4.78 is 0. The van der Waals surface area contributed by atoms with Gasteiger partial charge >= 0.3 is 0 Å². The lowest BCUT2D eigenvalue weighted by Gasteiger charge is -2.18. The van der Waals surface area contributed by atoms with Crippen molar-refractivity contribution in [2.24, 2.45) is 5.73 Å². The third kappa shape index (κ3) is 2.34. The Morgan fingerprint density at radius 3 is 2.76 bits per heavy atom. The smallest absolute Gasteiger partial charge is 0.141 e. The van der Waals surface area contributed by atoms with Gasteiger partial charge in [-0.25, -0.2) is 5.06 Å². The summed E-state index contributed by atoms with van der Waals surface area (Å²) in [7, 11) is 0. The summed E-state index contributed by atoms with van der Waals surface area (Å²) >= 11 is 0. The highest BCUT2D eigenvalue weighted by atomic mass is 16.7. The number of nitrogens with one attached hydrogen (secondary N) is 1. The van der Waals surface area contributed by atoms with Crippen LogP contribution in [-0.4, -0.2) is 30.3 Å². The average molecular weight is 231 g/mol. The quantitative estimate of drug-likeness (QED) is 0.455. The van der Waals surface area contributed by atoms with E-state index in [9.17, 15) is 4.79 Å². The van der Waals surface area contributed by atoms with Gasteiger partial charge in [0, 0.05) is 5.56 Å². The van der Waals surface area contributed by atoms with E-state index in [1.807, 2.05) is 18.2 Å². The number of hydrogen-bond acceptors (Lipinski definition) is 4. The Kier molecular flexibility index (Phi) is 3.20. The molecule has 0 radical (unpaired) electrons. The van der Waals surface area contributed by atoms with Gasteiger partial charge in [-0.15, -0.1) is 0 Å². The molecule has 0 aromatic heterocycles. The normalized spacial score (nSPS) is 14.6. The molecular formula is C12H13N3O2. The van der Waals surface area contributed by atoms with Crippen LogP contribution in [0.25, 0.3) is 5.70 Å². The highest BCUT2D eigenvalue weighted by Crippen LogP contribution is 2.23. The number of hydrogen-bond donors (Lipinski definition) is 2. The minimum Gasteiger partial charge on any atom is -0.384 e. The first-order valence-electron chi connectivity index (χ1n) is 5.21. The summed E-state index contributed by atoms with van der Waals surface area (Å²) in [6.07, 6.45) is 2.70. The first-order chi connectivity index (χ1) is 8.22. The van der Waals surface area contributed by atoms with Crippen LogP contribution in [-0.2, 0) is 9.63 Å². The maximum Gasteiger partial charge on any atom is 0.141 e. The maximum atomic E-state index is 10.5. The van der Waals surface area contributed by atoms with Gasteiger partial charge < -0.3 is 10.5 Å². The van der Waals surface area contributed by atoms with Crippen molar-refractivity contribution in [1.29, 1.82) is 5.41 Å². The topological polar surface area (TPSA) is 79.4 Å². The van der Waals surface area contributed by atoms with Gasteiger partial charge in [-0.2, -0.15) is 0 Å². The van der Waals surface area contributed by atoms with Crippen LogP contribution in [0.2, 0.25) is 0 Å². The van der Waals surface area contributed by atoms with Crippen LogP contribution in [0, 0.1) is 5.41 Å². The summed E-state index contributed by atoms with van der Waals surface area (Å²) in [6, 6.07) is 7.26. The standard InChI is InChI=1S/C12H13N3O2/c13-12(14)10-3-1-9(2-4-10)11-5-8-17-15(11)6-7-16/h1-5,7H,6,8H2,(H3,13,14). The number of nitrogen functional groups attached to an aromatic ring is 1. The fourth-order valence-electron chi connectivity index (χ4n) is 1.68.